The molecule has 0 saturated heterocycles. The van der Waals surface area contributed by atoms with Crippen molar-refractivity contribution in [2.45, 2.75) is 0 Å². The largest absolute Gasteiger partial charge is 0.423 e. The van der Waals surface area contributed by atoms with Crippen LogP contribution in [0, 0.1) is 0 Å². The smallest absolute Gasteiger partial charge is 0.307 e. The maximum absolute atomic E-state index is 6.28. The zero-order chi connectivity index (χ0) is 38.9. The summed E-state index contributed by atoms with van der Waals surface area (Å²) in [6, 6.07) is 67.6. The highest BCUT2D eigenvalue weighted by Crippen LogP contribution is 2.38. The first-order valence-corrected chi connectivity index (χ1v) is 19.6. The lowest BCUT2D eigenvalue weighted by Crippen LogP contribution is -2.00. The molecular weight excluding hydrogens is 725 g/mol. The molecule has 0 spiro atoms. The fraction of sp³-hybridized carbons (Fsp3) is 0. The molecule has 4 aromatic heterocycles. The summed E-state index contributed by atoms with van der Waals surface area (Å²) in [5.74, 6) is 1.85. The van der Waals surface area contributed by atoms with Crippen molar-refractivity contribution >= 4 is 54.7 Å². The van der Waals surface area contributed by atoms with Gasteiger partial charge in [-0.3, -0.25) is 4.57 Å². The average Bonchev–Trinajstić information content (AvgIpc) is 3.99. The SMILES string of the molecule is c1ccc(-c2nc(-c3cccc(-c4ccc5c(c4)c4ccccc4n5-c4nc5ccccc5o4)c3)nc(-c3ccc4c(c3)c3ccccc3n4-c3ccccc3)n2)cc1. The van der Waals surface area contributed by atoms with Crippen LogP contribution in [-0.4, -0.2) is 29.1 Å². The van der Waals surface area contributed by atoms with Gasteiger partial charge in [-0.05, 0) is 83.9 Å². The van der Waals surface area contributed by atoms with E-state index < -0.39 is 0 Å². The van der Waals surface area contributed by atoms with E-state index in [0.29, 0.717) is 23.5 Å². The van der Waals surface area contributed by atoms with Crippen molar-refractivity contribution in [2.75, 3.05) is 0 Å². The van der Waals surface area contributed by atoms with Crippen LogP contribution in [0.25, 0.3) is 112 Å². The van der Waals surface area contributed by atoms with Crippen molar-refractivity contribution in [1.82, 2.24) is 29.1 Å². The Bertz CT molecular complexity index is 3530. The summed E-state index contributed by atoms with van der Waals surface area (Å²) in [6.07, 6.45) is 0. The third-order valence-corrected chi connectivity index (χ3v) is 11.2. The molecule has 0 N–H and O–H groups in total. The first-order valence-electron chi connectivity index (χ1n) is 19.6. The van der Waals surface area contributed by atoms with Crippen molar-refractivity contribution in [2.24, 2.45) is 0 Å². The Kier molecular flexibility index (Phi) is 7.40. The zero-order valence-corrected chi connectivity index (χ0v) is 31.6. The number of benzene rings is 8. The van der Waals surface area contributed by atoms with E-state index in [9.17, 15) is 0 Å². The Hall–Kier alpha value is -8.16. The van der Waals surface area contributed by atoms with Gasteiger partial charge in [0.2, 0.25) is 0 Å². The van der Waals surface area contributed by atoms with Crippen LogP contribution in [-0.2, 0) is 0 Å². The third-order valence-electron chi connectivity index (χ3n) is 11.2. The van der Waals surface area contributed by atoms with Gasteiger partial charge in [-0.15, -0.1) is 0 Å². The molecule has 0 aliphatic carbocycles. The number of oxazole rings is 1. The van der Waals surface area contributed by atoms with Gasteiger partial charge in [0, 0.05) is 43.9 Å². The monoisotopic (exact) mass is 756 g/mol. The van der Waals surface area contributed by atoms with Crippen molar-refractivity contribution in [3.63, 3.8) is 0 Å². The highest BCUT2D eigenvalue weighted by Gasteiger charge is 2.19. The Morgan fingerprint density at radius 2 is 0.814 bits per heavy atom. The van der Waals surface area contributed by atoms with Gasteiger partial charge in [0.05, 0.1) is 22.1 Å². The molecule has 0 aliphatic rings. The Labute approximate surface area is 338 Å². The molecule has 0 unspecified atom stereocenters. The summed E-state index contributed by atoms with van der Waals surface area (Å²) in [6.45, 7) is 0. The molecule has 7 heteroatoms. The van der Waals surface area contributed by atoms with Gasteiger partial charge in [-0.25, -0.2) is 15.0 Å². The Morgan fingerprint density at radius 3 is 1.54 bits per heavy atom. The summed E-state index contributed by atoms with van der Waals surface area (Å²) in [5.41, 5.74) is 11.9. The number of hydrogen-bond acceptors (Lipinski definition) is 5. The molecule has 0 radical (unpaired) electrons. The van der Waals surface area contributed by atoms with E-state index in [2.05, 4.69) is 143 Å². The molecule has 0 aliphatic heterocycles. The molecule has 59 heavy (non-hydrogen) atoms. The maximum atomic E-state index is 6.28. The van der Waals surface area contributed by atoms with Crippen LogP contribution in [0.3, 0.4) is 0 Å². The third kappa shape index (κ3) is 5.44. The Balaban J connectivity index is 0.991. The molecule has 0 atom stereocenters. The lowest BCUT2D eigenvalue weighted by molar-refractivity contribution is 0.574. The zero-order valence-electron chi connectivity index (χ0n) is 31.6. The van der Waals surface area contributed by atoms with Gasteiger partial charge >= 0.3 is 6.01 Å². The minimum absolute atomic E-state index is 0.549. The number of nitrogens with zero attached hydrogens (tertiary/aromatic N) is 6. The lowest BCUT2D eigenvalue weighted by atomic mass is 10.0. The molecule has 0 bridgehead atoms. The number of hydrogen-bond donors (Lipinski definition) is 0. The minimum atomic E-state index is 0.549. The second-order valence-corrected chi connectivity index (χ2v) is 14.7. The average molecular weight is 757 g/mol. The van der Waals surface area contributed by atoms with E-state index in [1.807, 2.05) is 60.7 Å². The van der Waals surface area contributed by atoms with E-state index in [1.165, 1.54) is 5.39 Å². The predicted octanol–water partition coefficient (Wildman–Crippen LogP) is 12.9. The molecule has 0 saturated carbocycles. The Morgan fingerprint density at radius 1 is 0.322 bits per heavy atom. The van der Waals surface area contributed by atoms with Crippen LogP contribution < -0.4 is 0 Å². The normalized spacial score (nSPS) is 11.7. The number of fused-ring (bicyclic) bond motifs is 7. The van der Waals surface area contributed by atoms with Crippen LogP contribution in [0.5, 0.6) is 0 Å². The predicted molar refractivity (Wildman–Crippen MR) is 238 cm³/mol. The van der Waals surface area contributed by atoms with Gasteiger partial charge in [0.15, 0.2) is 23.1 Å². The second-order valence-electron chi connectivity index (χ2n) is 14.7. The first kappa shape index (κ1) is 33.0. The lowest BCUT2D eigenvalue weighted by Gasteiger charge is -2.11. The molecule has 0 amide bonds. The van der Waals surface area contributed by atoms with Crippen molar-refractivity contribution in [3.8, 4) is 57.0 Å². The van der Waals surface area contributed by atoms with Crippen LogP contribution in [0.4, 0.5) is 0 Å². The van der Waals surface area contributed by atoms with Crippen LogP contribution in [0.1, 0.15) is 0 Å². The number of rotatable bonds is 6. The summed E-state index contributed by atoms with van der Waals surface area (Å²) in [4.78, 5) is 20.2. The fourth-order valence-corrected chi connectivity index (χ4v) is 8.47. The highest BCUT2D eigenvalue weighted by atomic mass is 16.4. The van der Waals surface area contributed by atoms with E-state index in [0.717, 1.165) is 82.8 Å². The topological polar surface area (TPSA) is 74.6 Å². The standard InChI is InChI=1S/C52H32N6O/c1-3-14-33(15-4-1)49-54-50(56-51(55-49)37-27-29-46-42(32-37)39-20-7-10-23-44(39)57(46)38-18-5-2-6-19-38)36-17-13-16-34(30-36)35-26-28-47-41(31-35)40-21-8-11-24-45(40)58(47)52-53-43-22-9-12-25-48(43)59-52/h1-32H. The van der Waals surface area contributed by atoms with Gasteiger partial charge in [0.1, 0.15) is 5.52 Å². The van der Waals surface area contributed by atoms with Gasteiger partial charge in [-0.1, -0.05) is 121 Å². The molecule has 12 rings (SSSR count). The molecular formula is C52H32N6O. The van der Waals surface area contributed by atoms with Crippen LogP contribution in [0.2, 0.25) is 0 Å². The molecule has 7 nitrogen and oxygen atoms in total. The molecule has 4 heterocycles. The molecule has 12 aromatic rings. The summed E-state index contributed by atoms with van der Waals surface area (Å²) >= 11 is 0. The van der Waals surface area contributed by atoms with Crippen molar-refractivity contribution < 1.29 is 4.42 Å². The minimum Gasteiger partial charge on any atom is -0.423 e. The fourth-order valence-electron chi connectivity index (χ4n) is 8.47. The van der Waals surface area contributed by atoms with E-state index in [-0.39, 0.29) is 0 Å². The van der Waals surface area contributed by atoms with Crippen molar-refractivity contribution in [1.29, 1.82) is 0 Å². The van der Waals surface area contributed by atoms with Gasteiger partial charge in [-0.2, -0.15) is 4.98 Å². The van der Waals surface area contributed by atoms with Crippen molar-refractivity contribution in [3.05, 3.63) is 194 Å². The van der Waals surface area contributed by atoms with Crippen LogP contribution in [0.15, 0.2) is 199 Å². The van der Waals surface area contributed by atoms with E-state index in [1.54, 1.807) is 0 Å². The van der Waals surface area contributed by atoms with Crippen LogP contribution >= 0.6 is 0 Å². The molecule has 0 fully saturated rings. The maximum Gasteiger partial charge on any atom is 0.307 e. The summed E-state index contributed by atoms with van der Waals surface area (Å²) in [5, 5.41) is 4.55. The first-order chi connectivity index (χ1) is 29.2. The molecule has 8 aromatic carbocycles. The second kappa shape index (κ2) is 13.2. The molecule has 276 valence electrons. The number of para-hydroxylation sites is 5. The van der Waals surface area contributed by atoms with E-state index >= 15 is 0 Å². The summed E-state index contributed by atoms with van der Waals surface area (Å²) < 4.78 is 10.7. The quantitative estimate of drug-likeness (QED) is 0.169. The van der Waals surface area contributed by atoms with E-state index in [4.69, 9.17) is 24.4 Å². The van der Waals surface area contributed by atoms with Gasteiger partial charge < -0.3 is 8.98 Å². The number of aromatic nitrogens is 6. The summed E-state index contributed by atoms with van der Waals surface area (Å²) in [7, 11) is 0. The van der Waals surface area contributed by atoms with Gasteiger partial charge in [0.25, 0.3) is 0 Å². The highest BCUT2D eigenvalue weighted by molar-refractivity contribution is 6.11.